The Hall–Kier alpha value is 0.460. The van der Waals surface area contributed by atoms with E-state index in [9.17, 15) is 0 Å². The molecule has 2 heterocycles. The lowest BCUT2D eigenvalue weighted by molar-refractivity contribution is 0.146. The minimum Gasteiger partial charge on any atom is -0.376 e. The van der Waals surface area contributed by atoms with Gasteiger partial charge in [-0.15, -0.1) is 0 Å². The molecule has 4 nitrogen and oxygen atoms in total. The Kier molecular flexibility index (Phi) is 31.7. The molecule has 0 unspecified atom stereocenters. The van der Waals surface area contributed by atoms with E-state index in [0.717, 1.165) is 52.1 Å². The van der Waals surface area contributed by atoms with Crippen molar-refractivity contribution < 1.29 is 18.9 Å². The van der Waals surface area contributed by atoms with Gasteiger partial charge in [0.05, 0.1) is 34.9 Å². The van der Waals surface area contributed by atoms with Crippen molar-refractivity contribution >= 4 is 47.0 Å². The zero-order valence-electron chi connectivity index (χ0n) is 32.9. The molecule has 0 aromatic heterocycles. The van der Waals surface area contributed by atoms with Crippen molar-refractivity contribution in [2.75, 3.05) is 52.9 Å². The third-order valence-corrected chi connectivity index (χ3v) is 14.9. The predicted octanol–water partition coefficient (Wildman–Crippen LogP) is 15.0. The van der Waals surface area contributed by atoms with Crippen LogP contribution in [0, 0.1) is 0 Å². The molecule has 2 aliphatic heterocycles. The molecular weight excluding hydrogens is 697 g/mol. The van der Waals surface area contributed by atoms with Crippen LogP contribution in [0.1, 0.15) is 182 Å². The second-order valence-electron chi connectivity index (χ2n) is 14.0. The van der Waals surface area contributed by atoms with E-state index in [4.69, 9.17) is 18.9 Å². The maximum absolute atomic E-state index is 6.27. The fourth-order valence-electron chi connectivity index (χ4n) is 5.92. The predicted molar refractivity (Wildman–Crippen MR) is 228 cm³/mol. The first kappa shape index (κ1) is 46.6. The smallest absolute Gasteiger partial charge is 0.0788 e. The molecular formula is C42H76O4S4. The first-order chi connectivity index (χ1) is 24.7. The third kappa shape index (κ3) is 23.3. The summed E-state index contributed by atoms with van der Waals surface area (Å²) in [5, 5.41) is 0. The molecule has 0 fully saturated rings. The molecule has 0 saturated heterocycles. The van der Waals surface area contributed by atoms with E-state index < -0.39 is 0 Å². The highest BCUT2D eigenvalue weighted by Crippen LogP contribution is 2.60. The van der Waals surface area contributed by atoms with Crippen molar-refractivity contribution in [2.45, 2.75) is 182 Å². The van der Waals surface area contributed by atoms with Crippen LogP contribution in [-0.2, 0) is 18.9 Å². The van der Waals surface area contributed by atoms with Crippen LogP contribution in [0.3, 0.4) is 0 Å². The summed E-state index contributed by atoms with van der Waals surface area (Å²) in [5.41, 5.74) is 0. The minimum absolute atomic E-state index is 0.699. The molecule has 0 saturated carbocycles. The molecule has 0 amide bonds. The van der Waals surface area contributed by atoms with Gasteiger partial charge in [-0.3, -0.25) is 0 Å². The summed E-state index contributed by atoms with van der Waals surface area (Å²) in [6.45, 7) is 15.3. The van der Waals surface area contributed by atoms with Crippen LogP contribution in [0.5, 0.6) is 0 Å². The standard InChI is InChI=1S/C42H76O4S4/c1-5-9-13-17-21-25-29-43-33-37-38(34-44-30-26-22-18-14-10-6-2)48-41(47-37)42-49-39(35-45-31-27-23-19-15-11-7-3)40(50-42)36-46-32-28-24-20-16-12-8-4/h5-36H2,1-4H3. The molecule has 50 heavy (non-hydrogen) atoms. The Balaban J connectivity index is 1.94. The van der Waals surface area contributed by atoms with E-state index in [-0.39, 0.29) is 0 Å². The quantitative estimate of drug-likeness (QED) is 0.0583. The van der Waals surface area contributed by atoms with Gasteiger partial charge in [-0.2, -0.15) is 0 Å². The van der Waals surface area contributed by atoms with Gasteiger partial charge >= 0.3 is 0 Å². The first-order valence-electron chi connectivity index (χ1n) is 20.9. The van der Waals surface area contributed by atoms with Gasteiger partial charge in [0.1, 0.15) is 0 Å². The second-order valence-corrected chi connectivity index (χ2v) is 18.9. The monoisotopic (exact) mass is 772 g/mol. The van der Waals surface area contributed by atoms with Crippen molar-refractivity contribution in [3.05, 3.63) is 28.1 Å². The molecule has 0 spiro atoms. The summed E-state index contributed by atoms with van der Waals surface area (Å²) in [4.78, 5) is 5.39. The fourth-order valence-corrected chi connectivity index (χ4v) is 11.4. The lowest BCUT2D eigenvalue weighted by Crippen LogP contribution is -2.02. The summed E-state index contributed by atoms with van der Waals surface area (Å²) >= 11 is 7.69. The zero-order chi connectivity index (χ0) is 35.7. The van der Waals surface area contributed by atoms with Gasteiger partial charge in [-0.1, -0.05) is 203 Å². The highest BCUT2D eigenvalue weighted by atomic mass is 32.2. The number of unbranched alkanes of at least 4 members (excludes halogenated alkanes) is 20. The molecule has 292 valence electrons. The van der Waals surface area contributed by atoms with Gasteiger partial charge < -0.3 is 18.9 Å². The van der Waals surface area contributed by atoms with Crippen molar-refractivity contribution in [2.24, 2.45) is 0 Å². The summed E-state index contributed by atoms with van der Waals surface area (Å²) in [6, 6.07) is 0. The zero-order valence-corrected chi connectivity index (χ0v) is 36.2. The maximum atomic E-state index is 6.27. The molecule has 0 N–H and O–H groups in total. The van der Waals surface area contributed by atoms with Gasteiger partial charge in [-0.25, -0.2) is 0 Å². The number of thioether (sulfide) groups is 4. The first-order valence-corrected chi connectivity index (χ1v) is 24.2. The van der Waals surface area contributed by atoms with Gasteiger partial charge in [0.2, 0.25) is 0 Å². The van der Waals surface area contributed by atoms with E-state index in [1.54, 1.807) is 0 Å². The average molecular weight is 773 g/mol. The van der Waals surface area contributed by atoms with Gasteiger partial charge in [0, 0.05) is 46.0 Å². The molecule has 0 aromatic rings. The molecule has 8 heteroatoms. The van der Waals surface area contributed by atoms with Crippen molar-refractivity contribution in [3.8, 4) is 0 Å². The van der Waals surface area contributed by atoms with Crippen molar-refractivity contribution in [1.29, 1.82) is 0 Å². The lowest BCUT2D eigenvalue weighted by atomic mass is 10.1. The summed E-state index contributed by atoms with van der Waals surface area (Å²) in [5.74, 6) is 0. The van der Waals surface area contributed by atoms with Crippen molar-refractivity contribution in [1.82, 2.24) is 0 Å². The van der Waals surface area contributed by atoms with Gasteiger partial charge in [0.25, 0.3) is 0 Å². The van der Waals surface area contributed by atoms with Gasteiger partial charge in [0.15, 0.2) is 0 Å². The molecule has 2 aliphatic rings. The van der Waals surface area contributed by atoms with Crippen molar-refractivity contribution in [3.63, 3.8) is 0 Å². The Morgan fingerprint density at radius 3 is 0.700 bits per heavy atom. The number of hydrogen-bond acceptors (Lipinski definition) is 8. The highest BCUT2D eigenvalue weighted by Gasteiger charge is 2.30. The molecule has 0 radical (unpaired) electrons. The highest BCUT2D eigenvalue weighted by molar-refractivity contribution is 8.34. The Morgan fingerprint density at radius 1 is 0.280 bits per heavy atom. The van der Waals surface area contributed by atoms with Crippen LogP contribution < -0.4 is 0 Å². The van der Waals surface area contributed by atoms with Crippen LogP contribution in [0.25, 0.3) is 0 Å². The minimum atomic E-state index is 0.699. The summed E-state index contributed by atoms with van der Waals surface area (Å²) in [7, 11) is 0. The summed E-state index contributed by atoms with van der Waals surface area (Å²) < 4.78 is 27.8. The molecule has 0 aromatic carbocycles. The Bertz CT molecular complexity index is 779. The van der Waals surface area contributed by atoms with Crippen LogP contribution in [0.4, 0.5) is 0 Å². The molecule has 2 rings (SSSR count). The van der Waals surface area contributed by atoms with Crippen LogP contribution in [0.2, 0.25) is 0 Å². The maximum Gasteiger partial charge on any atom is 0.0788 e. The van der Waals surface area contributed by atoms with E-state index in [2.05, 4.69) is 27.7 Å². The Morgan fingerprint density at radius 2 is 0.480 bits per heavy atom. The van der Waals surface area contributed by atoms with Crippen LogP contribution >= 0.6 is 47.0 Å². The number of hydrogen-bond donors (Lipinski definition) is 0. The van der Waals surface area contributed by atoms with E-state index in [1.165, 1.54) is 157 Å². The second kappa shape index (κ2) is 34.0. The number of ether oxygens (including phenoxy) is 4. The van der Waals surface area contributed by atoms with Crippen LogP contribution in [0.15, 0.2) is 28.1 Å². The topological polar surface area (TPSA) is 36.9 Å². The van der Waals surface area contributed by atoms with E-state index >= 15 is 0 Å². The summed E-state index contributed by atoms with van der Waals surface area (Å²) in [6.07, 6.45) is 31.1. The molecule has 0 bridgehead atoms. The average Bonchev–Trinajstić information content (AvgIpc) is 3.73. The SMILES string of the molecule is CCCCCCCCOCC1=C(COCCCCCCCC)SC(=C2SC(COCCCCCCCC)=C(COCCCCCCCC)S2)S1. The lowest BCUT2D eigenvalue weighted by Gasteiger charge is -2.08. The Labute approximate surface area is 327 Å². The normalized spacial score (nSPS) is 15.1. The van der Waals surface area contributed by atoms with Gasteiger partial charge in [-0.05, 0) is 25.7 Å². The number of rotatable bonds is 36. The largest absolute Gasteiger partial charge is 0.376 e. The third-order valence-electron chi connectivity index (χ3n) is 9.15. The fraction of sp³-hybridized carbons (Fsp3) is 0.857. The van der Waals surface area contributed by atoms with Crippen LogP contribution in [-0.4, -0.2) is 52.9 Å². The van der Waals surface area contributed by atoms with E-state index in [0.29, 0.717) is 26.4 Å². The molecule has 0 aliphatic carbocycles. The van der Waals surface area contributed by atoms with E-state index in [1.807, 2.05) is 47.0 Å². The molecule has 0 atom stereocenters.